The second-order valence-electron chi connectivity index (χ2n) is 6.18. The van der Waals surface area contributed by atoms with E-state index in [2.05, 4.69) is 71.7 Å². The van der Waals surface area contributed by atoms with Crippen LogP contribution in [-0.4, -0.2) is 9.97 Å². The summed E-state index contributed by atoms with van der Waals surface area (Å²) in [5.41, 5.74) is 3.29. The van der Waals surface area contributed by atoms with Crippen LogP contribution in [0.25, 0.3) is 44.7 Å². The molecule has 0 bridgehead atoms. The first-order chi connectivity index (χ1) is 12.4. The van der Waals surface area contributed by atoms with Gasteiger partial charge < -0.3 is 4.98 Å². The largest absolute Gasteiger partial charge is 0.338 e. The second-order valence-corrected chi connectivity index (χ2v) is 6.18. The van der Waals surface area contributed by atoms with Gasteiger partial charge in [0.05, 0.1) is 11.0 Å². The van der Waals surface area contributed by atoms with Crippen LogP contribution in [0.4, 0.5) is 0 Å². The Kier molecular flexibility index (Phi) is 3.14. The number of hydrogen-bond donors (Lipinski definition) is 1. The Balaban J connectivity index is 1.78. The monoisotopic (exact) mass is 320 g/mol. The fourth-order valence-electron chi connectivity index (χ4n) is 3.46. The molecule has 1 aromatic heterocycles. The Hall–Kier alpha value is -3.39. The first-order valence-electron chi connectivity index (χ1n) is 8.42. The van der Waals surface area contributed by atoms with Crippen molar-refractivity contribution in [3.63, 3.8) is 0 Å². The number of aromatic amines is 1. The zero-order valence-corrected chi connectivity index (χ0v) is 13.6. The molecule has 5 aromatic rings. The summed E-state index contributed by atoms with van der Waals surface area (Å²) in [7, 11) is 0. The number of hydrogen-bond acceptors (Lipinski definition) is 1. The average molecular weight is 320 g/mol. The predicted molar refractivity (Wildman–Crippen MR) is 106 cm³/mol. The summed E-state index contributed by atoms with van der Waals surface area (Å²) >= 11 is 0. The summed E-state index contributed by atoms with van der Waals surface area (Å²) in [6, 6.07) is 27.3. The molecule has 118 valence electrons. The van der Waals surface area contributed by atoms with E-state index in [0.717, 1.165) is 22.4 Å². The lowest BCUT2D eigenvalue weighted by Crippen LogP contribution is -1.81. The van der Waals surface area contributed by atoms with E-state index < -0.39 is 0 Å². The number of aromatic nitrogens is 2. The Morgan fingerprint density at radius 2 is 1.20 bits per heavy atom. The molecule has 0 spiro atoms. The minimum atomic E-state index is 0.875. The number of imidazole rings is 1. The SMILES string of the molecule is C(=C\c1nc2c3ccccc3c3ccccc3c2[nH]1)/c1ccccc1. The molecule has 2 nitrogen and oxygen atoms in total. The third-order valence-electron chi connectivity index (χ3n) is 4.62. The Bertz CT molecular complexity index is 1160. The van der Waals surface area contributed by atoms with Crippen molar-refractivity contribution >= 4 is 44.7 Å². The van der Waals surface area contributed by atoms with Crippen molar-refractivity contribution in [1.29, 1.82) is 0 Å². The zero-order chi connectivity index (χ0) is 16.6. The van der Waals surface area contributed by atoms with Crippen LogP contribution in [0.2, 0.25) is 0 Å². The van der Waals surface area contributed by atoms with E-state index in [-0.39, 0.29) is 0 Å². The smallest absolute Gasteiger partial charge is 0.131 e. The first kappa shape index (κ1) is 14.0. The summed E-state index contributed by atoms with van der Waals surface area (Å²) in [5, 5.41) is 4.90. The third kappa shape index (κ3) is 2.31. The molecule has 0 fully saturated rings. The van der Waals surface area contributed by atoms with Gasteiger partial charge >= 0.3 is 0 Å². The standard InChI is InChI=1S/C23H16N2/c1-2-8-16(9-3-1)14-15-21-24-22-19-12-6-4-10-17(19)18-11-5-7-13-20(18)23(22)25-21/h1-15H,(H,24,25)/b15-14+. The molecule has 25 heavy (non-hydrogen) atoms. The van der Waals surface area contributed by atoms with Crippen LogP contribution < -0.4 is 0 Å². The van der Waals surface area contributed by atoms with Gasteiger partial charge in [-0.3, -0.25) is 0 Å². The van der Waals surface area contributed by atoms with E-state index in [1.807, 2.05) is 24.3 Å². The maximum Gasteiger partial charge on any atom is 0.131 e. The number of fused-ring (bicyclic) bond motifs is 6. The number of nitrogens with one attached hydrogen (secondary N) is 1. The van der Waals surface area contributed by atoms with Crippen LogP contribution in [0.1, 0.15) is 11.4 Å². The third-order valence-corrected chi connectivity index (χ3v) is 4.62. The Labute approximate surface area is 145 Å². The fraction of sp³-hybridized carbons (Fsp3) is 0. The number of H-pyrrole nitrogens is 1. The lowest BCUT2D eigenvalue weighted by Gasteiger charge is -2.05. The summed E-state index contributed by atoms with van der Waals surface area (Å²) in [4.78, 5) is 8.37. The average Bonchev–Trinajstić information content (AvgIpc) is 3.12. The van der Waals surface area contributed by atoms with Crippen LogP contribution in [0.3, 0.4) is 0 Å². The topological polar surface area (TPSA) is 28.7 Å². The van der Waals surface area contributed by atoms with E-state index in [0.29, 0.717) is 0 Å². The molecule has 0 saturated heterocycles. The van der Waals surface area contributed by atoms with Crippen molar-refractivity contribution in [1.82, 2.24) is 9.97 Å². The number of benzene rings is 4. The van der Waals surface area contributed by atoms with Crippen molar-refractivity contribution < 1.29 is 0 Å². The van der Waals surface area contributed by atoms with E-state index in [1.165, 1.54) is 21.5 Å². The summed E-state index contributed by atoms with van der Waals surface area (Å²) in [6.07, 6.45) is 4.13. The molecule has 2 heteroatoms. The van der Waals surface area contributed by atoms with E-state index >= 15 is 0 Å². The number of nitrogens with zero attached hydrogens (tertiary/aromatic N) is 1. The summed E-state index contributed by atoms with van der Waals surface area (Å²) in [5.74, 6) is 0.875. The van der Waals surface area contributed by atoms with Gasteiger partial charge in [-0.15, -0.1) is 0 Å². The van der Waals surface area contributed by atoms with E-state index in [1.54, 1.807) is 0 Å². The fourth-order valence-corrected chi connectivity index (χ4v) is 3.46. The van der Waals surface area contributed by atoms with Crippen molar-refractivity contribution in [3.05, 3.63) is 90.3 Å². The summed E-state index contributed by atoms with van der Waals surface area (Å²) < 4.78 is 0. The highest BCUT2D eigenvalue weighted by atomic mass is 14.9. The molecule has 0 saturated carbocycles. The van der Waals surface area contributed by atoms with Gasteiger partial charge in [-0.1, -0.05) is 84.9 Å². The second kappa shape index (κ2) is 5.60. The molecular weight excluding hydrogens is 304 g/mol. The Morgan fingerprint density at radius 1 is 0.600 bits per heavy atom. The van der Waals surface area contributed by atoms with E-state index in [4.69, 9.17) is 4.98 Å². The van der Waals surface area contributed by atoms with Crippen molar-refractivity contribution in [2.45, 2.75) is 0 Å². The molecule has 0 aliphatic heterocycles. The van der Waals surface area contributed by atoms with Crippen LogP contribution in [-0.2, 0) is 0 Å². The van der Waals surface area contributed by atoms with Gasteiger partial charge in [0.15, 0.2) is 0 Å². The quantitative estimate of drug-likeness (QED) is 0.395. The van der Waals surface area contributed by atoms with Crippen LogP contribution in [0.5, 0.6) is 0 Å². The predicted octanol–water partition coefficient (Wildman–Crippen LogP) is 6.04. The summed E-state index contributed by atoms with van der Waals surface area (Å²) in [6.45, 7) is 0. The first-order valence-corrected chi connectivity index (χ1v) is 8.42. The lowest BCUT2D eigenvalue weighted by atomic mass is 10.0. The normalized spacial score (nSPS) is 11.8. The van der Waals surface area contributed by atoms with Gasteiger partial charge in [0.25, 0.3) is 0 Å². The molecule has 0 aliphatic rings. The molecule has 1 N–H and O–H groups in total. The molecule has 5 rings (SSSR count). The van der Waals surface area contributed by atoms with Gasteiger partial charge in [0.2, 0.25) is 0 Å². The van der Waals surface area contributed by atoms with Gasteiger partial charge in [0.1, 0.15) is 5.82 Å². The van der Waals surface area contributed by atoms with Gasteiger partial charge in [-0.05, 0) is 22.4 Å². The lowest BCUT2D eigenvalue weighted by molar-refractivity contribution is 1.30. The van der Waals surface area contributed by atoms with Crippen molar-refractivity contribution in [3.8, 4) is 0 Å². The highest BCUT2D eigenvalue weighted by molar-refractivity contribution is 6.23. The van der Waals surface area contributed by atoms with Gasteiger partial charge in [0, 0.05) is 10.8 Å². The molecule has 1 heterocycles. The van der Waals surface area contributed by atoms with Gasteiger partial charge in [-0.2, -0.15) is 0 Å². The van der Waals surface area contributed by atoms with Gasteiger partial charge in [-0.25, -0.2) is 4.98 Å². The van der Waals surface area contributed by atoms with Crippen LogP contribution in [0.15, 0.2) is 78.9 Å². The minimum Gasteiger partial charge on any atom is -0.338 e. The molecular formula is C23H16N2. The van der Waals surface area contributed by atoms with Crippen molar-refractivity contribution in [2.75, 3.05) is 0 Å². The minimum absolute atomic E-state index is 0.875. The molecule has 4 aromatic carbocycles. The highest BCUT2D eigenvalue weighted by Crippen LogP contribution is 2.33. The zero-order valence-electron chi connectivity index (χ0n) is 13.6. The molecule has 0 unspecified atom stereocenters. The molecule has 0 amide bonds. The molecule has 0 aliphatic carbocycles. The van der Waals surface area contributed by atoms with Crippen LogP contribution in [0, 0.1) is 0 Å². The van der Waals surface area contributed by atoms with E-state index in [9.17, 15) is 0 Å². The molecule has 0 radical (unpaired) electrons. The van der Waals surface area contributed by atoms with Crippen LogP contribution >= 0.6 is 0 Å². The highest BCUT2D eigenvalue weighted by Gasteiger charge is 2.11. The van der Waals surface area contributed by atoms with Crippen molar-refractivity contribution in [2.24, 2.45) is 0 Å². The maximum absolute atomic E-state index is 4.86. The molecule has 0 atom stereocenters. The maximum atomic E-state index is 4.86. The number of rotatable bonds is 2. The Morgan fingerprint density at radius 3 is 1.96 bits per heavy atom.